The Kier molecular flexibility index (Phi) is 81.7. The van der Waals surface area contributed by atoms with Crippen molar-refractivity contribution in [3.8, 4) is 0 Å². The maximum absolute atomic E-state index is 11.3. The minimum atomic E-state index is -3.35. The van der Waals surface area contributed by atoms with Crippen LogP contribution in [-0.2, 0) is 51.8 Å². The Morgan fingerprint density at radius 2 is 0.685 bits per heavy atom. The second-order valence-corrected chi connectivity index (χ2v) is 40.1. The molecule has 0 unspecified atom stereocenters. The lowest BCUT2D eigenvalue weighted by Gasteiger charge is -2.20. The predicted octanol–water partition coefficient (Wildman–Crippen LogP) is 10.6. The fourth-order valence-electron chi connectivity index (χ4n) is 3.17. The van der Waals surface area contributed by atoms with Crippen LogP contribution in [0.5, 0.6) is 0 Å². The monoisotopic (exact) mass is 1620 g/mol. The van der Waals surface area contributed by atoms with E-state index < -0.39 is 65.6 Å². The summed E-state index contributed by atoms with van der Waals surface area (Å²) in [6.07, 6.45) is -1.32. The molecule has 0 aromatic heterocycles. The lowest BCUT2D eigenvalue weighted by atomic mass is 10.2. The maximum Gasteiger partial charge on any atom is 0.519 e. The van der Waals surface area contributed by atoms with Crippen LogP contribution in [0.1, 0.15) is 104 Å². The van der Waals surface area contributed by atoms with Gasteiger partial charge in [-0.2, -0.15) is 21.0 Å². The molecule has 0 spiro atoms. The first kappa shape index (κ1) is 106. The molecule has 40 heteroatoms. The van der Waals surface area contributed by atoms with Gasteiger partial charge in [0.25, 0.3) is 10.1 Å². The van der Waals surface area contributed by atoms with Gasteiger partial charge in [0.1, 0.15) is 28.0 Å². The smallest absolute Gasteiger partial charge is 0.444 e. The van der Waals surface area contributed by atoms with Crippen LogP contribution in [-0.4, -0.2) is 243 Å². The van der Waals surface area contributed by atoms with E-state index >= 15 is 0 Å². The molecule has 89 heavy (non-hydrogen) atoms. The van der Waals surface area contributed by atoms with Crippen molar-refractivity contribution >= 4 is 197 Å². The van der Waals surface area contributed by atoms with Crippen LogP contribution in [0.3, 0.4) is 0 Å². The molecule has 0 saturated carbocycles. The van der Waals surface area contributed by atoms with Crippen LogP contribution >= 0.6 is 147 Å². The number of hydrogen-bond donors (Lipinski definition) is 10. The number of carbonyl (C=O) groups excluding carboxylic acids is 5. The molecule has 540 valence electrons. The predicted molar refractivity (Wildman–Crippen MR) is 396 cm³/mol. The van der Waals surface area contributed by atoms with E-state index in [1.165, 1.54) is 21.6 Å². The van der Waals surface area contributed by atoms with Gasteiger partial charge < -0.3 is 76.3 Å². The van der Waals surface area contributed by atoms with E-state index in [-0.39, 0.29) is 45.2 Å². The number of amides is 3. The minimum Gasteiger partial charge on any atom is -0.444 e. The van der Waals surface area contributed by atoms with Crippen molar-refractivity contribution in [2.24, 2.45) is 11.5 Å². The summed E-state index contributed by atoms with van der Waals surface area (Å²) in [4.78, 5) is 55.6. The van der Waals surface area contributed by atoms with Gasteiger partial charge in [-0.15, -0.1) is 0 Å². The lowest BCUT2D eigenvalue weighted by Crippen LogP contribution is -2.33. The molecule has 0 atom stereocenters. The van der Waals surface area contributed by atoms with Crippen LogP contribution in [0, 0.1) is 0 Å². The summed E-state index contributed by atoms with van der Waals surface area (Å²) in [5.41, 5.74) is 7.43. The molecule has 0 aromatic rings. The molecule has 0 fully saturated rings. The summed E-state index contributed by atoms with van der Waals surface area (Å²) >= 11 is 7.15. The number of rotatable bonds is 31. The number of halogens is 2. The third-order valence-corrected chi connectivity index (χ3v) is 19.3. The number of alkyl halides is 1. The van der Waals surface area contributed by atoms with Crippen LogP contribution < -0.4 is 27.4 Å². The molecule has 3 amide bonds. The molecule has 0 aromatic carbocycles. The van der Waals surface area contributed by atoms with E-state index in [0.717, 1.165) is 76.2 Å². The molecular formula is C49H107BrClN5O20S13. The van der Waals surface area contributed by atoms with Gasteiger partial charge in [0.15, 0.2) is 0 Å². The van der Waals surface area contributed by atoms with Crippen LogP contribution in [0.15, 0.2) is 0 Å². The first-order chi connectivity index (χ1) is 40.7. The summed E-state index contributed by atoms with van der Waals surface area (Å²) in [7, 11) is 14.3. The summed E-state index contributed by atoms with van der Waals surface area (Å²) < 4.78 is 73.7. The Morgan fingerprint density at radius 3 is 0.899 bits per heavy atom. The zero-order valence-electron chi connectivity index (χ0n) is 54.6. The Labute approximate surface area is 591 Å². The van der Waals surface area contributed by atoms with Crippen molar-refractivity contribution in [3.05, 3.63) is 0 Å². The van der Waals surface area contributed by atoms with Gasteiger partial charge in [0.2, 0.25) is 9.05 Å². The number of aliphatic hydroxyl groups is 4. The van der Waals surface area contributed by atoms with Gasteiger partial charge in [0, 0.05) is 112 Å². The van der Waals surface area contributed by atoms with Crippen LogP contribution in [0.4, 0.5) is 24.0 Å². The van der Waals surface area contributed by atoms with Crippen LogP contribution in [0.25, 0.3) is 0 Å². The van der Waals surface area contributed by atoms with E-state index in [9.17, 15) is 40.8 Å². The van der Waals surface area contributed by atoms with E-state index in [4.69, 9.17) is 55.6 Å². The largest absolute Gasteiger partial charge is 0.519 e. The van der Waals surface area contributed by atoms with E-state index in [2.05, 4.69) is 64.1 Å². The molecule has 0 saturated heterocycles. The number of nitrogens with one attached hydrogen (secondary N) is 3. The van der Waals surface area contributed by atoms with Crippen molar-refractivity contribution in [2.75, 3.05) is 147 Å². The average Bonchev–Trinajstić information content (AvgIpc) is 3.42. The highest BCUT2D eigenvalue weighted by Gasteiger charge is 2.24. The van der Waals surface area contributed by atoms with Gasteiger partial charge in [-0.05, 0) is 104 Å². The van der Waals surface area contributed by atoms with E-state index in [0.29, 0.717) is 37.7 Å². The average molecular weight is 1620 g/mol. The lowest BCUT2D eigenvalue weighted by molar-refractivity contribution is -0.0295. The molecule has 0 radical (unpaired) electrons. The van der Waals surface area contributed by atoms with E-state index in [1.807, 2.05) is 41.5 Å². The number of nitrogens with two attached hydrogens (primary N) is 2. The number of carbonyl (C=O) groups is 5. The zero-order valence-corrected chi connectivity index (χ0v) is 67.7. The summed E-state index contributed by atoms with van der Waals surface area (Å²) in [5, 5.41) is 42.4. The van der Waals surface area contributed by atoms with Gasteiger partial charge in [-0.3, -0.25) is 4.18 Å². The first-order valence-corrected chi connectivity index (χ1v) is 45.5. The topological polar surface area (TPSA) is 387 Å². The van der Waals surface area contributed by atoms with E-state index in [1.54, 1.807) is 149 Å². The molecule has 0 aliphatic carbocycles. The van der Waals surface area contributed by atoms with Crippen molar-refractivity contribution < 1.29 is 93.8 Å². The third-order valence-electron chi connectivity index (χ3n) is 5.58. The third kappa shape index (κ3) is 141. The number of hydrogen-bond acceptors (Lipinski definition) is 33. The molecular weight excluding hydrogens is 1510 g/mol. The highest BCUT2D eigenvalue weighted by molar-refractivity contribution is 9.09. The minimum absolute atomic E-state index is 0.163. The van der Waals surface area contributed by atoms with Crippen molar-refractivity contribution in [1.82, 2.24) is 16.0 Å². The SMILES string of the molecule is CC(C)(C)OC(=O)NCCSSCCBr.CC(C)(C)OC(=O)NCCSSCCO.CC(C)(C)OC(=O)NCCSSCCOS(C)(=O)=O.CC(C)(C)OC(=O)OC(=O)OC(C)(C)C.CS(=O)(=O)Cl.NCCS.NCCSSCCO.OCCSSCCO. The quantitative estimate of drug-likeness (QED) is 0.00355. The Bertz CT molecular complexity index is 1800. The summed E-state index contributed by atoms with van der Waals surface area (Å²) in [5.74, 6) is 8.88. The first-order valence-electron chi connectivity index (χ1n) is 26.8. The number of thiol groups is 1. The zero-order chi connectivity index (χ0) is 71.1. The second kappa shape index (κ2) is 68.7. The standard InChI is InChI=1S/C10H21NO5S3.C10H18O5.C9H18BrNO2S2.C9H19NO3S2.C4H11NOS2.C4H10O2S2.C2H7NS.CH3ClO2S/c1-10(2,3)16-9(12)11-5-7-17-18-8-6-15-19(4,13)14;1-9(2,3)14-7(11)13-8(12)15-10(4,5)6;1-9(2,3)13-8(12)11-5-7-15-14-6-4-10;1-9(2,3)13-8(12)10-4-6-14-15-7-5-11;2*5-1-3-7-8-4-2-6;3-1-2-4;1-5(2,3)4/h5-8H2,1-4H3,(H,11,12);1-6H3;4-7H2,1-3H3,(H,11,12);11H,4-7H2,1-3H3,(H,10,12);6H,1-5H2;5-6H,1-4H2;4H,1-3H2;1H3. The molecule has 11 N–H and O–H groups in total. The Hall–Kier alpha value is 0.790. The highest BCUT2D eigenvalue weighted by Crippen LogP contribution is 2.23. The Morgan fingerprint density at radius 1 is 0.449 bits per heavy atom. The van der Waals surface area contributed by atoms with Crippen molar-refractivity contribution in [1.29, 1.82) is 0 Å². The molecule has 0 bridgehead atoms. The van der Waals surface area contributed by atoms with Gasteiger partial charge in [-0.1, -0.05) is 124 Å². The van der Waals surface area contributed by atoms with Crippen molar-refractivity contribution in [3.63, 3.8) is 0 Å². The van der Waals surface area contributed by atoms with Gasteiger partial charge in [0.05, 0.1) is 45.5 Å². The maximum atomic E-state index is 11.3. The molecule has 0 aliphatic rings. The van der Waals surface area contributed by atoms with Gasteiger partial charge in [-0.25, -0.2) is 32.4 Å². The van der Waals surface area contributed by atoms with Gasteiger partial charge >= 0.3 is 30.6 Å². The molecule has 25 nitrogen and oxygen atoms in total. The molecule has 0 rings (SSSR count). The highest BCUT2D eigenvalue weighted by atomic mass is 79.9. The molecule has 0 heterocycles. The normalized spacial score (nSPS) is 11.1. The fraction of sp³-hybridized carbons (Fsp3) is 0.898. The summed E-state index contributed by atoms with van der Waals surface area (Å²) in [6, 6.07) is 0. The summed E-state index contributed by atoms with van der Waals surface area (Å²) in [6.45, 7) is 30.7. The fourth-order valence-corrected chi connectivity index (χ4v) is 13.1. The number of ether oxygens (including phenoxy) is 6. The number of alkyl carbamates (subject to hydrolysis) is 3. The number of aliphatic hydroxyl groups excluding tert-OH is 4. The molecule has 0 aliphatic heterocycles. The van der Waals surface area contributed by atoms with Crippen molar-refractivity contribution in [2.45, 2.75) is 132 Å². The second-order valence-electron chi connectivity index (χ2n) is 20.6. The Balaban J connectivity index is -0.000000146. The van der Waals surface area contributed by atoms with Crippen LogP contribution in [0.2, 0.25) is 0 Å².